The van der Waals surface area contributed by atoms with Gasteiger partial charge in [-0.2, -0.15) is 0 Å². The van der Waals surface area contributed by atoms with Crippen LogP contribution in [0.4, 0.5) is 5.69 Å². The average Bonchev–Trinajstić information content (AvgIpc) is 3.32. The fraction of sp³-hybridized carbons (Fsp3) is 0.455. The number of rotatable bonds is 5. The predicted octanol–water partition coefficient (Wildman–Crippen LogP) is 2.08. The Hall–Kier alpha value is -2.64. The van der Waals surface area contributed by atoms with Gasteiger partial charge in [0, 0.05) is 38.4 Å². The first-order chi connectivity index (χ1) is 14.0. The standard InChI is InChI=1S/C22H27N3O4/c1-16-19(22(27)28-2)13-18(29-16)14-23-9-11-24(12-10-23)15-21(26)25-8-7-17-5-3-4-6-20(17)25/h3-6,13H,7-12,14-15H2,1-2H3. The molecule has 1 saturated heterocycles. The molecule has 0 atom stereocenters. The van der Waals surface area contributed by atoms with Crippen molar-refractivity contribution in [3.05, 3.63) is 53.0 Å². The first-order valence-corrected chi connectivity index (χ1v) is 10.1. The number of benzene rings is 1. The number of fused-ring (bicyclic) bond motifs is 1. The number of carbonyl (C=O) groups excluding carboxylic acids is 2. The monoisotopic (exact) mass is 397 g/mol. The minimum absolute atomic E-state index is 0.174. The van der Waals surface area contributed by atoms with E-state index in [1.165, 1.54) is 12.7 Å². The quantitative estimate of drug-likeness (QED) is 0.720. The number of furan rings is 1. The number of hydrogen-bond donors (Lipinski definition) is 0. The minimum atomic E-state index is -0.371. The van der Waals surface area contributed by atoms with Crippen LogP contribution in [0.15, 0.2) is 34.7 Å². The molecular formula is C22H27N3O4. The summed E-state index contributed by atoms with van der Waals surface area (Å²) >= 11 is 0. The van der Waals surface area contributed by atoms with E-state index < -0.39 is 0 Å². The molecule has 2 aromatic rings. The number of aryl methyl sites for hydroxylation is 1. The molecule has 1 fully saturated rings. The van der Waals surface area contributed by atoms with Gasteiger partial charge in [-0.3, -0.25) is 14.6 Å². The second-order valence-corrected chi connectivity index (χ2v) is 7.65. The highest BCUT2D eigenvalue weighted by Crippen LogP contribution is 2.27. The number of anilines is 1. The molecule has 1 aromatic heterocycles. The Morgan fingerprint density at radius 2 is 1.79 bits per heavy atom. The zero-order chi connectivity index (χ0) is 20.4. The summed E-state index contributed by atoms with van der Waals surface area (Å²) in [4.78, 5) is 30.9. The molecule has 0 bridgehead atoms. The molecular weight excluding hydrogens is 370 g/mol. The first kappa shape index (κ1) is 19.7. The number of hydrogen-bond acceptors (Lipinski definition) is 6. The van der Waals surface area contributed by atoms with Gasteiger partial charge in [0.15, 0.2) is 0 Å². The van der Waals surface area contributed by atoms with Gasteiger partial charge in [0.05, 0.1) is 20.2 Å². The van der Waals surface area contributed by atoms with Gasteiger partial charge in [0.1, 0.15) is 17.1 Å². The lowest BCUT2D eigenvalue weighted by Crippen LogP contribution is -2.49. The molecule has 2 aliphatic rings. The van der Waals surface area contributed by atoms with Crippen LogP contribution in [0.5, 0.6) is 0 Å². The molecule has 0 N–H and O–H groups in total. The maximum Gasteiger partial charge on any atom is 0.341 e. The summed E-state index contributed by atoms with van der Waals surface area (Å²) in [5.74, 6) is 1.15. The van der Waals surface area contributed by atoms with Crippen molar-refractivity contribution in [2.24, 2.45) is 0 Å². The van der Waals surface area contributed by atoms with Crippen molar-refractivity contribution in [3.8, 4) is 0 Å². The van der Waals surface area contributed by atoms with Crippen LogP contribution in [-0.2, 0) is 22.5 Å². The molecule has 0 radical (unpaired) electrons. The Balaban J connectivity index is 1.28. The van der Waals surface area contributed by atoms with E-state index in [0.29, 0.717) is 24.4 Å². The smallest absolute Gasteiger partial charge is 0.341 e. The van der Waals surface area contributed by atoms with Crippen LogP contribution in [0.2, 0.25) is 0 Å². The second-order valence-electron chi connectivity index (χ2n) is 7.65. The van der Waals surface area contributed by atoms with Crippen LogP contribution < -0.4 is 4.90 Å². The van der Waals surface area contributed by atoms with Gasteiger partial charge < -0.3 is 14.1 Å². The molecule has 0 aliphatic carbocycles. The summed E-state index contributed by atoms with van der Waals surface area (Å²) in [5, 5.41) is 0. The summed E-state index contributed by atoms with van der Waals surface area (Å²) < 4.78 is 10.5. The Morgan fingerprint density at radius 1 is 1.07 bits per heavy atom. The molecule has 1 amide bonds. The predicted molar refractivity (Wildman–Crippen MR) is 109 cm³/mol. The molecule has 154 valence electrons. The Bertz CT molecular complexity index is 899. The van der Waals surface area contributed by atoms with E-state index in [2.05, 4.69) is 15.9 Å². The molecule has 0 unspecified atom stereocenters. The van der Waals surface area contributed by atoms with Gasteiger partial charge in [0.2, 0.25) is 5.91 Å². The fourth-order valence-electron chi connectivity index (χ4n) is 4.13. The van der Waals surface area contributed by atoms with E-state index in [4.69, 9.17) is 9.15 Å². The van der Waals surface area contributed by atoms with Crippen LogP contribution >= 0.6 is 0 Å². The summed E-state index contributed by atoms with van der Waals surface area (Å²) in [6, 6.07) is 9.92. The molecule has 29 heavy (non-hydrogen) atoms. The maximum absolute atomic E-state index is 12.8. The number of amides is 1. The largest absolute Gasteiger partial charge is 0.465 e. The minimum Gasteiger partial charge on any atom is -0.465 e. The van der Waals surface area contributed by atoms with Gasteiger partial charge in [-0.15, -0.1) is 0 Å². The van der Waals surface area contributed by atoms with Crippen molar-refractivity contribution < 1.29 is 18.7 Å². The number of carbonyl (C=O) groups is 2. The van der Waals surface area contributed by atoms with E-state index in [0.717, 1.165) is 50.6 Å². The summed E-state index contributed by atoms with van der Waals surface area (Å²) in [6.07, 6.45) is 0.936. The third-order valence-electron chi connectivity index (χ3n) is 5.77. The summed E-state index contributed by atoms with van der Waals surface area (Å²) in [7, 11) is 1.37. The molecule has 0 saturated carbocycles. The number of piperazine rings is 1. The van der Waals surface area contributed by atoms with Gasteiger partial charge in [0.25, 0.3) is 0 Å². The topological polar surface area (TPSA) is 66.2 Å². The molecule has 4 rings (SSSR count). The van der Waals surface area contributed by atoms with Gasteiger partial charge >= 0.3 is 5.97 Å². The highest BCUT2D eigenvalue weighted by atomic mass is 16.5. The van der Waals surface area contributed by atoms with Gasteiger partial charge in [-0.05, 0) is 31.0 Å². The van der Waals surface area contributed by atoms with Crippen molar-refractivity contribution in [2.75, 3.05) is 51.3 Å². The van der Waals surface area contributed by atoms with E-state index in [9.17, 15) is 9.59 Å². The average molecular weight is 397 g/mol. The van der Waals surface area contributed by atoms with E-state index in [1.807, 2.05) is 23.1 Å². The molecule has 7 nitrogen and oxygen atoms in total. The highest BCUT2D eigenvalue weighted by molar-refractivity contribution is 5.96. The van der Waals surface area contributed by atoms with Crippen LogP contribution in [-0.4, -0.2) is 68.1 Å². The lowest BCUT2D eigenvalue weighted by atomic mass is 10.2. The van der Waals surface area contributed by atoms with Crippen LogP contribution in [0.1, 0.15) is 27.4 Å². The zero-order valence-electron chi connectivity index (χ0n) is 17.0. The lowest BCUT2D eigenvalue weighted by Gasteiger charge is -2.34. The highest BCUT2D eigenvalue weighted by Gasteiger charge is 2.27. The SMILES string of the molecule is COC(=O)c1cc(CN2CCN(CC(=O)N3CCc4ccccc43)CC2)oc1C. The third-order valence-corrected chi connectivity index (χ3v) is 5.77. The van der Waals surface area contributed by atoms with Crippen molar-refractivity contribution in [1.82, 2.24) is 9.80 Å². The Morgan fingerprint density at radius 3 is 2.55 bits per heavy atom. The summed E-state index contributed by atoms with van der Waals surface area (Å²) in [5.41, 5.74) is 2.80. The molecule has 1 aromatic carbocycles. The van der Waals surface area contributed by atoms with E-state index >= 15 is 0 Å². The number of esters is 1. The molecule has 3 heterocycles. The lowest BCUT2D eigenvalue weighted by molar-refractivity contribution is -0.120. The third kappa shape index (κ3) is 4.21. The number of methoxy groups -OCH3 is 1. The normalized spacial score (nSPS) is 17.4. The zero-order valence-corrected chi connectivity index (χ0v) is 17.0. The molecule has 7 heteroatoms. The van der Waals surface area contributed by atoms with Crippen molar-refractivity contribution in [3.63, 3.8) is 0 Å². The number of para-hydroxylation sites is 1. The number of ether oxygens (including phenoxy) is 1. The van der Waals surface area contributed by atoms with Crippen molar-refractivity contribution in [1.29, 1.82) is 0 Å². The van der Waals surface area contributed by atoms with Gasteiger partial charge in [-0.1, -0.05) is 18.2 Å². The van der Waals surface area contributed by atoms with Crippen molar-refractivity contribution in [2.45, 2.75) is 19.9 Å². The van der Waals surface area contributed by atoms with E-state index in [-0.39, 0.29) is 11.9 Å². The molecule has 0 spiro atoms. The summed E-state index contributed by atoms with van der Waals surface area (Å²) in [6.45, 7) is 7.05. The van der Waals surface area contributed by atoms with Crippen LogP contribution in [0.3, 0.4) is 0 Å². The second kappa shape index (κ2) is 8.39. The first-order valence-electron chi connectivity index (χ1n) is 10.1. The van der Waals surface area contributed by atoms with E-state index in [1.54, 1.807) is 13.0 Å². The molecule has 2 aliphatic heterocycles. The Labute approximate surface area is 170 Å². The van der Waals surface area contributed by atoms with Gasteiger partial charge in [-0.25, -0.2) is 4.79 Å². The van der Waals surface area contributed by atoms with Crippen molar-refractivity contribution >= 4 is 17.6 Å². The van der Waals surface area contributed by atoms with Crippen LogP contribution in [0, 0.1) is 6.92 Å². The fourth-order valence-corrected chi connectivity index (χ4v) is 4.13. The maximum atomic E-state index is 12.8. The van der Waals surface area contributed by atoms with Crippen LogP contribution in [0.25, 0.3) is 0 Å². The Kier molecular flexibility index (Phi) is 5.69. The number of nitrogens with zero attached hydrogens (tertiary/aromatic N) is 3.